The van der Waals surface area contributed by atoms with E-state index in [9.17, 15) is 5.11 Å². The standard InChI is InChI=1S/C14H12Br2O3/c1-18-9-4-2-8(3-5-9)14(17)11-7-6-10(19-11)12(15)13(14)16/h2-7,10-11,17H,1H3/t10-,11+,14+/m1/s1. The van der Waals surface area contributed by atoms with Gasteiger partial charge in [0.05, 0.1) is 7.11 Å². The monoisotopic (exact) mass is 386 g/mol. The molecule has 1 N–H and O–H groups in total. The van der Waals surface area contributed by atoms with Gasteiger partial charge >= 0.3 is 0 Å². The maximum atomic E-state index is 11.1. The lowest BCUT2D eigenvalue weighted by Gasteiger charge is -2.38. The summed E-state index contributed by atoms with van der Waals surface area (Å²) in [6.45, 7) is 0. The number of aliphatic hydroxyl groups is 1. The zero-order valence-corrected chi connectivity index (χ0v) is 13.3. The highest BCUT2D eigenvalue weighted by atomic mass is 79.9. The van der Waals surface area contributed by atoms with Crippen LogP contribution in [0.1, 0.15) is 5.56 Å². The fraction of sp³-hybridized carbons (Fsp3) is 0.286. The van der Waals surface area contributed by atoms with E-state index in [0.717, 1.165) is 15.8 Å². The van der Waals surface area contributed by atoms with Crippen molar-refractivity contribution in [1.29, 1.82) is 0 Å². The van der Waals surface area contributed by atoms with E-state index in [2.05, 4.69) is 31.9 Å². The van der Waals surface area contributed by atoms with Crippen LogP contribution in [0.2, 0.25) is 0 Å². The third kappa shape index (κ3) is 1.91. The van der Waals surface area contributed by atoms with E-state index in [0.29, 0.717) is 4.48 Å². The first-order valence-electron chi connectivity index (χ1n) is 5.83. The quantitative estimate of drug-likeness (QED) is 0.792. The van der Waals surface area contributed by atoms with E-state index >= 15 is 0 Å². The summed E-state index contributed by atoms with van der Waals surface area (Å²) in [4.78, 5) is 0. The molecule has 3 atom stereocenters. The van der Waals surface area contributed by atoms with E-state index < -0.39 is 5.60 Å². The predicted octanol–water partition coefficient (Wildman–Crippen LogP) is 3.22. The van der Waals surface area contributed by atoms with Gasteiger partial charge in [-0.15, -0.1) is 0 Å². The van der Waals surface area contributed by atoms with Gasteiger partial charge in [-0.3, -0.25) is 0 Å². The molecule has 0 fully saturated rings. The molecule has 0 unspecified atom stereocenters. The number of hydrogen-bond acceptors (Lipinski definition) is 3. The highest BCUT2D eigenvalue weighted by molar-refractivity contribution is 9.14. The van der Waals surface area contributed by atoms with Crippen LogP contribution < -0.4 is 4.74 Å². The molecule has 100 valence electrons. The van der Waals surface area contributed by atoms with Crippen LogP contribution in [0.3, 0.4) is 0 Å². The van der Waals surface area contributed by atoms with Crippen LogP contribution in [0.5, 0.6) is 5.75 Å². The van der Waals surface area contributed by atoms with E-state index in [1.807, 2.05) is 36.4 Å². The number of rotatable bonds is 2. The normalized spacial score (nSPS) is 32.8. The molecular weight excluding hydrogens is 376 g/mol. The molecule has 1 aromatic rings. The van der Waals surface area contributed by atoms with Crippen LogP contribution >= 0.6 is 31.9 Å². The van der Waals surface area contributed by atoms with Crippen molar-refractivity contribution < 1.29 is 14.6 Å². The van der Waals surface area contributed by atoms with Crippen molar-refractivity contribution in [3.05, 3.63) is 50.9 Å². The van der Waals surface area contributed by atoms with E-state index in [1.165, 1.54) is 0 Å². The summed E-state index contributed by atoms with van der Waals surface area (Å²) in [6.07, 6.45) is 3.33. The first-order valence-corrected chi connectivity index (χ1v) is 7.42. The molecule has 1 aromatic carbocycles. The molecule has 0 radical (unpaired) electrons. The van der Waals surface area contributed by atoms with Gasteiger partial charge in [0.1, 0.15) is 18.0 Å². The van der Waals surface area contributed by atoms with Gasteiger partial charge in [-0.2, -0.15) is 0 Å². The highest BCUT2D eigenvalue weighted by Crippen LogP contribution is 2.49. The topological polar surface area (TPSA) is 38.7 Å². The second-order valence-electron chi connectivity index (χ2n) is 4.52. The van der Waals surface area contributed by atoms with Gasteiger partial charge in [0, 0.05) is 8.96 Å². The van der Waals surface area contributed by atoms with Gasteiger partial charge in [0.25, 0.3) is 0 Å². The van der Waals surface area contributed by atoms with Crippen LogP contribution in [0.4, 0.5) is 0 Å². The molecule has 2 bridgehead atoms. The zero-order valence-electron chi connectivity index (χ0n) is 10.1. The molecule has 0 aliphatic carbocycles. The summed E-state index contributed by atoms with van der Waals surface area (Å²) in [5.74, 6) is 0.753. The summed E-state index contributed by atoms with van der Waals surface area (Å²) in [6, 6.07) is 7.34. The van der Waals surface area contributed by atoms with E-state index in [4.69, 9.17) is 9.47 Å². The first kappa shape index (κ1) is 13.4. The first-order chi connectivity index (χ1) is 9.07. The van der Waals surface area contributed by atoms with Crippen molar-refractivity contribution in [1.82, 2.24) is 0 Å². The zero-order chi connectivity index (χ0) is 13.6. The minimum Gasteiger partial charge on any atom is -0.497 e. The molecule has 19 heavy (non-hydrogen) atoms. The summed E-state index contributed by atoms with van der Waals surface area (Å²) < 4.78 is 12.4. The Kier molecular flexibility index (Phi) is 3.33. The Balaban J connectivity index is 2.10. The van der Waals surface area contributed by atoms with Gasteiger partial charge in [-0.1, -0.05) is 56.1 Å². The lowest BCUT2D eigenvalue weighted by molar-refractivity contribution is -0.0729. The van der Waals surface area contributed by atoms with Crippen LogP contribution in [0, 0.1) is 0 Å². The number of benzene rings is 1. The van der Waals surface area contributed by atoms with Gasteiger partial charge < -0.3 is 14.6 Å². The Morgan fingerprint density at radius 2 is 1.89 bits per heavy atom. The van der Waals surface area contributed by atoms with Crippen LogP contribution in [-0.2, 0) is 10.3 Å². The summed E-state index contributed by atoms with van der Waals surface area (Å²) in [5, 5.41) is 11.1. The Morgan fingerprint density at radius 1 is 1.21 bits per heavy atom. The molecule has 2 aliphatic rings. The summed E-state index contributed by atoms with van der Waals surface area (Å²) in [7, 11) is 1.62. The van der Waals surface area contributed by atoms with Crippen LogP contribution in [-0.4, -0.2) is 24.4 Å². The third-order valence-corrected chi connectivity index (χ3v) is 5.90. The van der Waals surface area contributed by atoms with Crippen molar-refractivity contribution in [2.24, 2.45) is 0 Å². The number of fused-ring (bicyclic) bond motifs is 2. The molecule has 0 aromatic heterocycles. The Hall–Kier alpha value is -0.620. The van der Waals surface area contributed by atoms with Crippen LogP contribution in [0.25, 0.3) is 0 Å². The maximum absolute atomic E-state index is 11.1. The molecule has 0 saturated heterocycles. The summed E-state index contributed by atoms with van der Waals surface area (Å²) in [5.41, 5.74) is -0.457. The lowest BCUT2D eigenvalue weighted by atomic mass is 9.87. The third-order valence-electron chi connectivity index (χ3n) is 3.49. The molecule has 0 saturated carbocycles. The number of hydrogen-bond donors (Lipinski definition) is 1. The van der Waals surface area contributed by atoms with Crippen LogP contribution in [0.15, 0.2) is 45.4 Å². The molecule has 0 spiro atoms. The van der Waals surface area contributed by atoms with Crippen molar-refractivity contribution in [2.75, 3.05) is 7.11 Å². The number of ether oxygens (including phenoxy) is 2. The molecule has 2 aliphatic heterocycles. The van der Waals surface area contributed by atoms with Crippen molar-refractivity contribution in [2.45, 2.75) is 17.8 Å². The largest absolute Gasteiger partial charge is 0.497 e. The molecule has 2 heterocycles. The van der Waals surface area contributed by atoms with Gasteiger partial charge in [0.2, 0.25) is 0 Å². The summed E-state index contributed by atoms with van der Waals surface area (Å²) >= 11 is 6.98. The Morgan fingerprint density at radius 3 is 2.53 bits per heavy atom. The molecule has 3 rings (SSSR count). The van der Waals surface area contributed by atoms with Crippen molar-refractivity contribution in [3.8, 4) is 5.75 Å². The predicted molar refractivity (Wildman–Crippen MR) is 79.6 cm³/mol. The molecule has 0 amide bonds. The average Bonchev–Trinajstić information content (AvgIpc) is 2.91. The lowest BCUT2D eigenvalue weighted by Crippen LogP contribution is -2.43. The Labute approximate surface area is 128 Å². The van der Waals surface area contributed by atoms with E-state index in [1.54, 1.807) is 7.11 Å². The molecule has 3 nitrogen and oxygen atoms in total. The maximum Gasteiger partial charge on any atom is 0.152 e. The molecule has 5 heteroatoms. The Bertz CT molecular complexity index is 565. The average molecular weight is 388 g/mol. The van der Waals surface area contributed by atoms with Gasteiger partial charge in [-0.05, 0) is 17.7 Å². The minimum absolute atomic E-state index is 0.113. The smallest absolute Gasteiger partial charge is 0.152 e. The number of methoxy groups -OCH3 is 1. The SMILES string of the molecule is COc1ccc([C@@]2(O)C(Br)=C(Br)[C@H]3C=C[C@@H]2O3)cc1. The van der Waals surface area contributed by atoms with Crippen molar-refractivity contribution in [3.63, 3.8) is 0 Å². The second-order valence-corrected chi connectivity index (χ2v) is 6.17. The van der Waals surface area contributed by atoms with Gasteiger partial charge in [-0.25, -0.2) is 0 Å². The fourth-order valence-electron chi connectivity index (χ4n) is 2.40. The fourth-order valence-corrected chi connectivity index (χ4v) is 3.64. The van der Waals surface area contributed by atoms with Crippen molar-refractivity contribution >= 4 is 31.9 Å². The highest BCUT2D eigenvalue weighted by Gasteiger charge is 2.49. The minimum atomic E-state index is -1.21. The number of halogens is 2. The van der Waals surface area contributed by atoms with Gasteiger partial charge in [0.15, 0.2) is 5.60 Å². The molecular formula is C14H12Br2O3. The van der Waals surface area contributed by atoms with E-state index in [-0.39, 0.29) is 12.2 Å². The second kappa shape index (κ2) is 4.74.